The van der Waals surface area contributed by atoms with Gasteiger partial charge >= 0.3 is 12.8 Å². The molecule has 1 fully saturated rings. The van der Waals surface area contributed by atoms with Crippen LogP contribution < -0.4 is 9.47 Å². The number of alkyl halides is 5. The summed E-state index contributed by atoms with van der Waals surface area (Å²) in [6, 6.07) is 10.7. The normalized spacial score (nSPS) is 13.7. The molecule has 0 atom stereocenters. The van der Waals surface area contributed by atoms with Gasteiger partial charge in [0.05, 0.1) is 23.8 Å². The fourth-order valence-electron chi connectivity index (χ4n) is 5.48. The maximum Gasteiger partial charge on any atom is 0.434 e. The molecule has 50 heavy (non-hydrogen) atoms. The Hall–Kier alpha value is -4.83. The summed E-state index contributed by atoms with van der Waals surface area (Å²) in [7, 11) is -4.01. The third kappa shape index (κ3) is 7.21. The number of sulfone groups is 1. The van der Waals surface area contributed by atoms with Crippen molar-refractivity contribution in [2.24, 2.45) is 5.92 Å². The van der Waals surface area contributed by atoms with Crippen LogP contribution in [0.15, 0.2) is 64.0 Å². The van der Waals surface area contributed by atoms with Crippen LogP contribution in [0.5, 0.6) is 11.5 Å². The average Bonchev–Trinajstić information content (AvgIpc) is 3.66. The number of rotatable bonds is 11. The molecule has 0 radical (unpaired) electrons. The molecule has 2 heterocycles. The van der Waals surface area contributed by atoms with E-state index < -0.39 is 51.2 Å². The predicted molar refractivity (Wildman–Crippen MR) is 168 cm³/mol. The standard InChI is InChI=1S/C34H29F6N3O6S/c1-17-41-30(34(38,39)40)14-43(17)26-8-6-20(22-11-25(35)24(15-44)29(13-22)50(3,45)46)10-23(26)31-32(48-18(2)42-31)21-7-9-27(49-33(36)37)28(12-21)47-16-19-4-5-19/h6-14,19,33,44H,4-5,15-16H2,1-3H3. The monoisotopic (exact) mass is 721 g/mol. The van der Waals surface area contributed by atoms with Gasteiger partial charge in [-0.1, -0.05) is 6.07 Å². The first-order valence-electron chi connectivity index (χ1n) is 15.1. The molecule has 5 aromatic rings. The molecule has 0 aliphatic heterocycles. The van der Waals surface area contributed by atoms with Gasteiger partial charge in [0.15, 0.2) is 38.7 Å². The van der Waals surface area contributed by atoms with Gasteiger partial charge in [0.25, 0.3) is 0 Å². The van der Waals surface area contributed by atoms with Crippen molar-refractivity contribution in [1.29, 1.82) is 0 Å². The minimum absolute atomic E-state index is 0.0108. The van der Waals surface area contributed by atoms with Crippen molar-refractivity contribution in [3.05, 3.63) is 83.5 Å². The Labute approximate surface area is 282 Å². The van der Waals surface area contributed by atoms with E-state index in [0.717, 1.165) is 31.4 Å². The Balaban J connectivity index is 1.57. The van der Waals surface area contributed by atoms with Crippen LogP contribution in [-0.2, 0) is 22.6 Å². The maximum absolute atomic E-state index is 15.2. The number of hydrogen-bond acceptors (Lipinski definition) is 8. The van der Waals surface area contributed by atoms with E-state index in [2.05, 4.69) is 14.7 Å². The SMILES string of the molecule is Cc1nc(-c2cc(-c3cc(F)c(CO)c(S(C)(=O)=O)c3)ccc2-n2cc(C(F)(F)F)nc2C)c(-c2ccc(OC(F)F)c(OCC3CC3)c2)o1. The Morgan fingerprint density at radius 3 is 2.34 bits per heavy atom. The first-order chi connectivity index (χ1) is 23.5. The van der Waals surface area contributed by atoms with Gasteiger partial charge in [-0.15, -0.1) is 0 Å². The van der Waals surface area contributed by atoms with Crippen LogP contribution in [0.2, 0.25) is 0 Å². The van der Waals surface area contributed by atoms with Crippen LogP contribution in [0.3, 0.4) is 0 Å². The fourth-order valence-corrected chi connectivity index (χ4v) is 6.43. The van der Waals surface area contributed by atoms with Crippen LogP contribution in [0.1, 0.15) is 35.8 Å². The molecular formula is C34H29F6N3O6S. The lowest BCUT2D eigenvalue weighted by Crippen LogP contribution is -2.06. The quantitative estimate of drug-likeness (QED) is 0.137. The summed E-state index contributed by atoms with van der Waals surface area (Å²) < 4.78 is 126. The molecule has 1 aliphatic carbocycles. The molecule has 1 aliphatic rings. The van der Waals surface area contributed by atoms with Gasteiger partial charge in [-0.05, 0) is 79.3 Å². The molecule has 9 nitrogen and oxygen atoms in total. The topological polar surface area (TPSA) is 117 Å². The fraction of sp³-hybridized carbons (Fsp3) is 0.294. The number of aliphatic hydroxyl groups excluding tert-OH is 1. The van der Waals surface area contributed by atoms with E-state index in [0.29, 0.717) is 5.56 Å². The lowest BCUT2D eigenvalue weighted by molar-refractivity contribution is -0.141. The molecule has 16 heteroatoms. The number of ether oxygens (including phenoxy) is 2. The van der Waals surface area contributed by atoms with Crippen molar-refractivity contribution in [3.8, 4) is 50.9 Å². The van der Waals surface area contributed by atoms with Crippen molar-refractivity contribution in [3.63, 3.8) is 0 Å². The second kappa shape index (κ2) is 13.1. The second-order valence-electron chi connectivity index (χ2n) is 11.8. The highest BCUT2D eigenvalue weighted by molar-refractivity contribution is 7.90. The van der Waals surface area contributed by atoms with Crippen molar-refractivity contribution in [1.82, 2.24) is 14.5 Å². The Morgan fingerprint density at radius 1 is 1.00 bits per heavy atom. The number of imidazole rings is 1. The summed E-state index contributed by atoms with van der Waals surface area (Å²) in [5.41, 5.74) is -0.521. The van der Waals surface area contributed by atoms with Crippen LogP contribution >= 0.6 is 0 Å². The Kier molecular flexibility index (Phi) is 9.20. The number of oxazole rings is 1. The van der Waals surface area contributed by atoms with Gasteiger partial charge in [-0.2, -0.15) is 22.0 Å². The molecular weight excluding hydrogens is 692 g/mol. The molecule has 1 saturated carbocycles. The molecule has 0 saturated heterocycles. The Morgan fingerprint density at radius 2 is 1.72 bits per heavy atom. The van der Waals surface area contributed by atoms with Gasteiger partial charge in [0.2, 0.25) is 0 Å². The van der Waals surface area contributed by atoms with Crippen molar-refractivity contribution in [2.45, 2.75) is 51.0 Å². The molecule has 1 N–H and O–H groups in total. The van der Waals surface area contributed by atoms with Gasteiger partial charge in [-0.3, -0.25) is 0 Å². The van der Waals surface area contributed by atoms with Gasteiger partial charge in [0, 0.05) is 36.1 Å². The second-order valence-corrected chi connectivity index (χ2v) is 13.8. The summed E-state index contributed by atoms with van der Waals surface area (Å²) >= 11 is 0. The number of aryl methyl sites for hydroxylation is 2. The summed E-state index contributed by atoms with van der Waals surface area (Å²) in [5, 5.41) is 9.68. The minimum atomic E-state index is -4.77. The van der Waals surface area contributed by atoms with E-state index in [1.165, 1.54) is 60.9 Å². The average molecular weight is 722 g/mol. The van der Waals surface area contributed by atoms with Crippen LogP contribution in [0.4, 0.5) is 26.3 Å². The highest BCUT2D eigenvalue weighted by Crippen LogP contribution is 2.43. The first kappa shape index (κ1) is 35.0. The molecule has 0 spiro atoms. The third-order valence-electron chi connectivity index (χ3n) is 8.06. The van der Waals surface area contributed by atoms with E-state index in [4.69, 9.17) is 9.15 Å². The number of hydrogen-bond donors (Lipinski definition) is 1. The number of aliphatic hydroxyl groups is 1. The summed E-state index contributed by atoms with van der Waals surface area (Å²) in [6.45, 7) is -0.845. The molecule has 2 aromatic heterocycles. The molecule has 264 valence electrons. The smallest absolute Gasteiger partial charge is 0.434 e. The lowest BCUT2D eigenvalue weighted by Gasteiger charge is -2.16. The van der Waals surface area contributed by atoms with E-state index in [1.54, 1.807) is 0 Å². The zero-order valence-corrected chi connectivity index (χ0v) is 27.5. The van der Waals surface area contributed by atoms with Crippen molar-refractivity contribution in [2.75, 3.05) is 12.9 Å². The van der Waals surface area contributed by atoms with E-state index >= 15 is 4.39 Å². The highest BCUT2D eigenvalue weighted by atomic mass is 32.2. The van der Waals surface area contributed by atoms with Gasteiger partial charge < -0.3 is 23.6 Å². The van der Waals surface area contributed by atoms with Crippen molar-refractivity contribution < 1.29 is 53.8 Å². The van der Waals surface area contributed by atoms with Crippen molar-refractivity contribution >= 4 is 9.84 Å². The maximum atomic E-state index is 15.2. The Bertz CT molecular complexity index is 2190. The first-order valence-corrected chi connectivity index (χ1v) is 17.0. The largest absolute Gasteiger partial charge is 0.489 e. The number of halogens is 6. The van der Waals surface area contributed by atoms with Gasteiger partial charge in [0.1, 0.15) is 17.3 Å². The predicted octanol–water partition coefficient (Wildman–Crippen LogP) is 7.92. The lowest BCUT2D eigenvalue weighted by atomic mass is 9.97. The van der Waals surface area contributed by atoms with E-state index in [9.17, 15) is 35.5 Å². The highest BCUT2D eigenvalue weighted by Gasteiger charge is 2.35. The molecule has 0 unspecified atom stereocenters. The van der Waals surface area contributed by atoms with E-state index in [1.807, 2.05) is 0 Å². The minimum Gasteiger partial charge on any atom is -0.489 e. The molecule has 3 aromatic carbocycles. The summed E-state index contributed by atoms with van der Waals surface area (Å²) in [4.78, 5) is 7.77. The molecule has 0 bridgehead atoms. The van der Waals surface area contributed by atoms with Crippen LogP contribution in [0, 0.1) is 25.6 Å². The molecule has 0 amide bonds. The zero-order chi connectivity index (χ0) is 36.1. The summed E-state index contributed by atoms with van der Waals surface area (Å²) in [6.07, 6.45) is -1.24. The van der Waals surface area contributed by atoms with Crippen LogP contribution in [0.25, 0.3) is 39.4 Å². The van der Waals surface area contributed by atoms with E-state index in [-0.39, 0.29) is 69.6 Å². The number of benzene rings is 3. The zero-order valence-electron chi connectivity index (χ0n) is 26.7. The molecule has 6 rings (SSSR count). The van der Waals surface area contributed by atoms with Gasteiger partial charge in [-0.25, -0.2) is 22.8 Å². The summed E-state index contributed by atoms with van der Waals surface area (Å²) in [5.74, 6) is -0.727. The van der Waals surface area contributed by atoms with Crippen LogP contribution in [-0.4, -0.2) is 47.5 Å². The number of nitrogens with zero attached hydrogens (tertiary/aromatic N) is 3. The third-order valence-corrected chi connectivity index (χ3v) is 9.22. The number of aromatic nitrogens is 3.